The number of thiazole rings is 1. The smallest absolute Gasteiger partial charge is 0.248 e. The second-order valence-corrected chi connectivity index (χ2v) is 8.51. The monoisotopic (exact) mass is 423 g/mol. The fraction of sp³-hybridized carbons (Fsp3) is 0.250. The predicted octanol–water partition coefficient (Wildman–Crippen LogP) is 0.189. The summed E-state index contributed by atoms with van der Waals surface area (Å²) in [7, 11) is -3.79. The molecule has 0 bridgehead atoms. The van der Waals surface area contributed by atoms with Crippen LogP contribution in [0.5, 0.6) is 0 Å². The van der Waals surface area contributed by atoms with Crippen molar-refractivity contribution in [1.82, 2.24) is 10.3 Å². The average Bonchev–Trinajstić information content (AvgIpc) is 3.23. The molecule has 1 saturated heterocycles. The fourth-order valence-electron chi connectivity index (χ4n) is 2.55. The lowest BCUT2D eigenvalue weighted by Crippen LogP contribution is -2.37. The minimum Gasteiger partial charge on any atom is -0.344 e. The lowest BCUT2D eigenvalue weighted by atomic mass is 10.2. The molecule has 1 aromatic carbocycles. The van der Waals surface area contributed by atoms with Crippen molar-refractivity contribution in [2.45, 2.75) is 30.2 Å². The predicted molar refractivity (Wildman–Crippen MR) is 102 cm³/mol. The molecule has 3 amide bonds. The van der Waals surface area contributed by atoms with Crippen molar-refractivity contribution < 1.29 is 22.8 Å². The SMILES string of the molecule is NS(=O)(=O)c1ccc(NC(=O)Cc2csc(NC(=O)C3CCC(=O)N3)n2)cc1. The van der Waals surface area contributed by atoms with Crippen LogP contribution in [0, 0.1) is 0 Å². The van der Waals surface area contributed by atoms with Crippen LogP contribution in [0.2, 0.25) is 0 Å². The molecule has 1 aliphatic rings. The highest BCUT2D eigenvalue weighted by Gasteiger charge is 2.27. The maximum Gasteiger partial charge on any atom is 0.248 e. The maximum absolute atomic E-state index is 12.1. The first-order valence-electron chi connectivity index (χ1n) is 8.18. The molecule has 2 heterocycles. The quantitative estimate of drug-likeness (QED) is 0.519. The van der Waals surface area contributed by atoms with E-state index in [4.69, 9.17) is 5.14 Å². The first-order chi connectivity index (χ1) is 13.2. The van der Waals surface area contributed by atoms with Gasteiger partial charge in [-0.15, -0.1) is 11.3 Å². The summed E-state index contributed by atoms with van der Waals surface area (Å²) >= 11 is 1.17. The highest BCUT2D eigenvalue weighted by Crippen LogP contribution is 2.18. The van der Waals surface area contributed by atoms with Crippen molar-refractivity contribution in [2.24, 2.45) is 5.14 Å². The number of nitrogens with one attached hydrogen (secondary N) is 3. The zero-order chi connectivity index (χ0) is 20.3. The number of sulfonamides is 1. The van der Waals surface area contributed by atoms with Crippen LogP contribution >= 0.6 is 11.3 Å². The van der Waals surface area contributed by atoms with E-state index >= 15 is 0 Å². The largest absolute Gasteiger partial charge is 0.344 e. The number of nitrogens with two attached hydrogens (primary N) is 1. The molecule has 10 nitrogen and oxygen atoms in total. The Labute approximate surface area is 164 Å². The third-order valence-electron chi connectivity index (χ3n) is 3.90. The van der Waals surface area contributed by atoms with Crippen molar-refractivity contribution >= 4 is 49.9 Å². The summed E-state index contributed by atoms with van der Waals surface area (Å²) in [5.74, 6) is -0.852. The number of benzene rings is 1. The molecule has 1 aliphatic heterocycles. The lowest BCUT2D eigenvalue weighted by molar-refractivity contribution is -0.122. The van der Waals surface area contributed by atoms with E-state index in [-0.39, 0.29) is 29.0 Å². The number of carbonyl (C=O) groups is 3. The normalized spacial score (nSPS) is 16.5. The Morgan fingerprint density at radius 3 is 2.57 bits per heavy atom. The summed E-state index contributed by atoms with van der Waals surface area (Å²) in [5, 5.41) is 14.8. The van der Waals surface area contributed by atoms with Gasteiger partial charge in [-0.25, -0.2) is 18.5 Å². The molecular formula is C16H17N5O5S2. The molecule has 1 fully saturated rings. The van der Waals surface area contributed by atoms with Crippen LogP contribution in [0.25, 0.3) is 0 Å². The molecule has 2 aromatic rings. The van der Waals surface area contributed by atoms with Gasteiger partial charge in [-0.1, -0.05) is 0 Å². The highest BCUT2D eigenvalue weighted by molar-refractivity contribution is 7.89. The summed E-state index contributed by atoms with van der Waals surface area (Å²) in [6.07, 6.45) is 0.735. The van der Waals surface area contributed by atoms with Crippen LogP contribution in [0.15, 0.2) is 34.5 Å². The molecule has 1 atom stereocenters. The van der Waals surface area contributed by atoms with Crippen LogP contribution in [-0.2, 0) is 30.8 Å². The standard InChI is InChI=1S/C16H17N5O5S2/c17-28(25,26)11-3-1-9(2-4-11)18-14(23)7-10-8-27-16(19-10)21-15(24)12-5-6-13(22)20-12/h1-4,8,12H,5-7H2,(H,18,23)(H,20,22)(H2,17,25,26)(H,19,21,24). The maximum atomic E-state index is 12.1. The Morgan fingerprint density at radius 1 is 1.25 bits per heavy atom. The van der Waals surface area contributed by atoms with Crippen molar-refractivity contribution in [1.29, 1.82) is 0 Å². The molecule has 3 rings (SSSR count). The Hall–Kier alpha value is -2.83. The number of amides is 3. The van der Waals surface area contributed by atoms with E-state index in [0.717, 1.165) is 0 Å². The third-order valence-corrected chi connectivity index (χ3v) is 5.64. The van der Waals surface area contributed by atoms with Gasteiger partial charge >= 0.3 is 0 Å². The van der Waals surface area contributed by atoms with Gasteiger partial charge in [0.15, 0.2) is 5.13 Å². The first-order valence-corrected chi connectivity index (χ1v) is 10.6. The van der Waals surface area contributed by atoms with E-state index in [2.05, 4.69) is 20.9 Å². The van der Waals surface area contributed by atoms with Crippen LogP contribution in [0.3, 0.4) is 0 Å². The number of nitrogens with zero attached hydrogens (tertiary/aromatic N) is 1. The third kappa shape index (κ3) is 5.12. The second kappa shape index (κ2) is 8.04. The molecule has 5 N–H and O–H groups in total. The number of hydrogen-bond donors (Lipinski definition) is 4. The molecule has 0 aliphatic carbocycles. The zero-order valence-corrected chi connectivity index (χ0v) is 16.1. The molecule has 0 spiro atoms. The van der Waals surface area contributed by atoms with Crippen LogP contribution in [-0.4, -0.2) is 37.2 Å². The van der Waals surface area contributed by atoms with Gasteiger partial charge in [0.25, 0.3) is 0 Å². The first kappa shape index (κ1) is 19.9. The summed E-state index contributed by atoms with van der Waals surface area (Å²) < 4.78 is 22.4. The van der Waals surface area contributed by atoms with E-state index in [1.807, 2.05) is 0 Å². The Morgan fingerprint density at radius 2 is 1.96 bits per heavy atom. The summed E-state index contributed by atoms with van der Waals surface area (Å²) in [5.41, 5.74) is 0.882. The van der Waals surface area contributed by atoms with Crippen LogP contribution in [0.1, 0.15) is 18.5 Å². The van der Waals surface area contributed by atoms with E-state index in [1.54, 1.807) is 5.38 Å². The average molecular weight is 423 g/mol. The molecule has 28 heavy (non-hydrogen) atoms. The van der Waals surface area contributed by atoms with Gasteiger partial charge in [0.2, 0.25) is 27.7 Å². The van der Waals surface area contributed by atoms with Crippen molar-refractivity contribution in [3.05, 3.63) is 35.3 Å². The molecule has 148 valence electrons. The van der Waals surface area contributed by atoms with Crippen LogP contribution < -0.4 is 21.1 Å². The molecular weight excluding hydrogens is 406 g/mol. The number of carbonyl (C=O) groups excluding carboxylic acids is 3. The minimum absolute atomic E-state index is 0.0243. The molecule has 12 heteroatoms. The van der Waals surface area contributed by atoms with Gasteiger partial charge in [-0.2, -0.15) is 0 Å². The molecule has 0 radical (unpaired) electrons. The van der Waals surface area contributed by atoms with Crippen LogP contribution in [0.4, 0.5) is 10.8 Å². The number of anilines is 2. The van der Waals surface area contributed by atoms with Gasteiger partial charge in [0.05, 0.1) is 17.0 Å². The molecule has 1 unspecified atom stereocenters. The highest BCUT2D eigenvalue weighted by atomic mass is 32.2. The minimum atomic E-state index is -3.79. The second-order valence-electron chi connectivity index (χ2n) is 6.09. The summed E-state index contributed by atoms with van der Waals surface area (Å²) in [6, 6.07) is 4.89. The van der Waals surface area contributed by atoms with Gasteiger partial charge in [-0.3, -0.25) is 14.4 Å². The Bertz CT molecular complexity index is 1020. The van der Waals surface area contributed by atoms with Gasteiger partial charge in [-0.05, 0) is 30.7 Å². The lowest BCUT2D eigenvalue weighted by Gasteiger charge is -2.08. The van der Waals surface area contributed by atoms with Gasteiger partial charge in [0, 0.05) is 17.5 Å². The van der Waals surface area contributed by atoms with E-state index < -0.39 is 16.1 Å². The number of hydrogen-bond acceptors (Lipinski definition) is 7. The zero-order valence-electron chi connectivity index (χ0n) is 14.5. The number of aromatic nitrogens is 1. The van der Waals surface area contributed by atoms with Crippen molar-refractivity contribution in [3.63, 3.8) is 0 Å². The fourth-order valence-corrected chi connectivity index (χ4v) is 3.78. The number of rotatable bonds is 6. The van der Waals surface area contributed by atoms with E-state index in [1.165, 1.54) is 35.6 Å². The van der Waals surface area contributed by atoms with E-state index in [0.29, 0.717) is 29.4 Å². The Kier molecular flexibility index (Phi) is 5.72. The number of primary sulfonamides is 1. The summed E-state index contributed by atoms with van der Waals surface area (Å²) in [4.78, 5) is 39.5. The topological polar surface area (TPSA) is 160 Å². The van der Waals surface area contributed by atoms with Gasteiger partial charge in [0.1, 0.15) is 6.04 Å². The van der Waals surface area contributed by atoms with Gasteiger partial charge < -0.3 is 16.0 Å². The Balaban J connectivity index is 1.53. The van der Waals surface area contributed by atoms with E-state index in [9.17, 15) is 22.8 Å². The molecule has 0 saturated carbocycles. The van der Waals surface area contributed by atoms with Crippen molar-refractivity contribution in [2.75, 3.05) is 10.6 Å². The summed E-state index contributed by atoms with van der Waals surface area (Å²) in [6.45, 7) is 0. The van der Waals surface area contributed by atoms with Crippen molar-refractivity contribution in [3.8, 4) is 0 Å². The molecule has 1 aromatic heterocycles.